The van der Waals surface area contributed by atoms with Crippen LogP contribution in [0.4, 0.5) is 5.95 Å². The summed E-state index contributed by atoms with van der Waals surface area (Å²) in [6.07, 6.45) is 6.19. The van der Waals surface area contributed by atoms with Gasteiger partial charge in [0.05, 0.1) is 6.04 Å². The van der Waals surface area contributed by atoms with E-state index in [1.165, 1.54) is 19.3 Å². The Hall–Kier alpha value is -1.13. The van der Waals surface area contributed by atoms with Gasteiger partial charge in [-0.3, -0.25) is 0 Å². The minimum atomic E-state index is 0.439. The lowest BCUT2D eigenvalue weighted by Crippen LogP contribution is -2.16. The van der Waals surface area contributed by atoms with Crippen LogP contribution in [-0.2, 0) is 0 Å². The normalized spacial score (nSPS) is 19.7. The van der Waals surface area contributed by atoms with E-state index in [-0.39, 0.29) is 0 Å². The van der Waals surface area contributed by atoms with Crippen molar-refractivity contribution in [2.75, 3.05) is 5.73 Å². The van der Waals surface area contributed by atoms with Gasteiger partial charge >= 0.3 is 0 Å². The Morgan fingerprint density at radius 1 is 1.25 bits per heavy atom. The van der Waals surface area contributed by atoms with E-state index in [1.807, 2.05) is 0 Å². The number of hydrogen-bond donors (Lipinski definition) is 1. The molecule has 66 valence electrons. The number of tetrazole rings is 1. The van der Waals surface area contributed by atoms with Crippen molar-refractivity contribution in [3.8, 4) is 0 Å². The van der Waals surface area contributed by atoms with E-state index >= 15 is 0 Å². The summed E-state index contributed by atoms with van der Waals surface area (Å²) >= 11 is 0. The highest BCUT2D eigenvalue weighted by Crippen LogP contribution is 2.27. The highest BCUT2D eigenvalue weighted by Gasteiger charge is 2.18. The van der Waals surface area contributed by atoms with Gasteiger partial charge in [-0.2, -0.15) is 0 Å². The lowest BCUT2D eigenvalue weighted by atomic mass is 9.96. The fourth-order valence-corrected chi connectivity index (χ4v) is 1.79. The van der Waals surface area contributed by atoms with Crippen LogP contribution < -0.4 is 5.73 Å². The topological polar surface area (TPSA) is 69.6 Å². The molecule has 2 N–H and O–H groups in total. The van der Waals surface area contributed by atoms with Gasteiger partial charge in [0, 0.05) is 0 Å². The smallest absolute Gasteiger partial charge is 0.240 e. The molecule has 1 heterocycles. The predicted octanol–water partition coefficient (Wildman–Crippen LogP) is 0.760. The number of nitrogens with zero attached hydrogens (tertiary/aromatic N) is 4. The molecule has 0 atom stereocenters. The maximum Gasteiger partial charge on any atom is 0.240 e. The first-order valence-electron chi connectivity index (χ1n) is 4.41. The first-order valence-corrected chi connectivity index (χ1v) is 4.41. The van der Waals surface area contributed by atoms with Crippen LogP contribution in [0.2, 0.25) is 0 Å². The molecule has 5 heteroatoms. The minimum absolute atomic E-state index is 0.439. The Kier molecular flexibility index (Phi) is 1.93. The molecule has 1 aromatic heterocycles. The molecular weight excluding hydrogens is 154 g/mol. The Balaban J connectivity index is 2.13. The van der Waals surface area contributed by atoms with Crippen LogP contribution in [0.5, 0.6) is 0 Å². The maximum absolute atomic E-state index is 5.60. The van der Waals surface area contributed by atoms with Gasteiger partial charge in [0.1, 0.15) is 0 Å². The molecule has 0 aromatic carbocycles. The Morgan fingerprint density at radius 2 is 2.00 bits per heavy atom. The molecule has 0 spiro atoms. The van der Waals surface area contributed by atoms with Crippen molar-refractivity contribution in [3.05, 3.63) is 0 Å². The molecule has 1 aliphatic rings. The maximum atomic E-state index is 5.60. The van der Waals surface area contributed by atoms with Crippen molar-refractivity contribution in [2.45, 2.75) is 38.1 Å². The monoisotopic (exact) mass is 167 g/mol. The Morgan fingerprint density at radius 3 is 2.58 bits per heavy atom. The summed E-state index contributed by atoms with van der Waals surface area (Å²) in [7, 11) is 0. The molecule has 1 aliphatic carbocycles. The quantitative estimate of drug-likeness (QED) is 0.670. The lowest BCUT2D eigenvalue weighted by molar-refractivity contribution is 0.328. The van der Waals surface area contributed by atoms with Crippen LogP contribution in [0, 0.1) is 0 Å². The van der Waals surface area contributed by atoms with Gasteiger partial charge in [-0.25, -0.2) is 4.68 Å². The van der Waals surface area contributed by atoms with Crippen molar-refractivity contribution in [1.29, 1.82) is 0 Å². The average Bonchev–Trinajstić information content (AvgIpc) is 2.53. The number of aromatic nitrogens is 4. The van der Waals surface area contributed by atoms with Gasteiger partial charge in [0.25, 0.3) is 0 Å². The van der Waals surface area contributed by atoms with E-state index in [4.69, 9.17) is 5.73 Å². The largest absolute Gasteiger partial charge is 0.367 e. The second-order valence-corrected chi connectivity index (χ2v) is 3.27. The van der Waals surface area contributed by atoms with E-state index < -0.39 is 0 Å². The van der Waals surface area contributed by atoms with Crippen molar-refractivity contribution in [1.82, 2.24) is 20.2 Å². The fourth-order valence-electron chi connectivity index (χ4n) is 1.79. The molecule has 0 saturated heterocycles. The number of rotatable bonds is 1. The van der Waals surface area contributed by atoms with Crippen molar-refractivity contribution < 1.29 is 0 Å². The SMILES string of the molecule is Nc1nnnn1C1CCCCC1. The molecular formula is C7H13N5. The lowest BCUT2D eigenvalue weighted by Gasteiger charge is -2.21. The number of nitrogen functional groups attached to an aromatic ring is 1. The van der Waals surface area contributed by atoms with Crippen LogP contribution >= 0.6 is 0 Å². The van der Waals surface area contributed by atoms with E-state index in [2.05, 4.69) is 15.5 Å². The number of anilines is 1. The van der Waals surface area contributed by atoms with Crippen LogP contribution in [0.3, 0.4) is 0 Å². The summed E-state index contributed by atoms with van der Waals surface area (Å²) in [4.78, 5) is 0. The predicted molar refractivity (Wildman–Crippen MR) is 44.4 cm³/mol. The molecule has 0 unspecified atom stereocenters. The molecule has 0 radical (unpaired) electrons. The second-order valence-electron chi connectivity index (χ2n) is 3.27. The van der Waals surface area contributed by atoms with Gasteiger partial charge in [-0.1, -0.05) is 24.4 Å². The summed E-state index contributed by atoms with van der Waals surface area (Å²) in [6, 6.07) is 0.439. The minimum Gasteiger partial charge on any atom is -0.367 e. The zero-order valence-electron chi connectivity index (χ0n) is 6.98. The first kappa shape index (κ1) is 7.52. The fraction of sp³-hybridized carbons (Fsp3) is 0.857. The second kappa shape index (κ2) is 3.08. The van der Waals surface area contributed by atoms with Crippen molar-refractivity contribution in [2.24, 2.45) is 0 Å². The van der Waals surface area contributed by atoms with Gasteiger partial charge in [-0.05, 0) is 23.3 Å². The van der Waals surface area contributed by atoms with Crippen LogP contribution in [0.25, 0.3) is 0 Å². The van der Waals surface area contributed by atoms with Crippen LogP contribution in [0.1, 0.15) is 38.1 Å². The molecule has 12 heavy (non-hydrogen) atoms. The Labute approximate surface area is 70.9 Å². The standard InChI is InChI=1S/C7H13N5/c8-7-9-10-11-12(7)6-4-2-1-3-5-6/h6H,1-5H2,(H2,8,9,11). The summed E-state index contributed by atoms with van der Waals surface area (Å²) in [5, 5.41) is 11.1. The summed E-state index contributed by atoms with van der Waals surface area (Å²) in [5.41, 5.74) is 5.60. The van der Waals surface area contributed by atoms with Gasteiger partial charge in [0.15, 0.2) is 0 Å². The number of nitrogens with two attached hydrogens (primary N) is 1. The van der Waals surface area contributed by atoms with Gasteiger partial charge in [-0.15, -0.1) is 0 Å². The zero-order valence-corrected chi connectivity index (χ0v) is 6.98. The highest BCUT2D eigenvalue weighted by atomic mass is 15.6. The highest BCUT2D eigenvalue weighted by molar-refractivity contribution is 5.11. The van der Waals surface area contributed by atoms with Crippen LogP contribution in [-0.4, -0.2) is 20.2 Å². The van der Waals surface area contributed by atoms with Gasteiger partial charge in [0.2, 0.25) is 5.95 Å². The van der Waals surface area contributed by atoms with Crippen molar-refractivity contribution in [3.63, 3.8) is 0 Å². The van der Waals surface area contributed by atoms with E-state index in [9.17, 15) is 0 Å². The third-order valence-corrected chi connectivity index (χ3v) is 2.44. The van der Waals surface area contributed by atoms with Gasteiger partial charge < -0.3 is 5.73 Å². The Bertz CT molecular complexity index is 250. The van der Waals surface area contributed by atoms with E-state index in [1.54, 1.807) is 4.68 Å². The van der Waals surface area contributed by atoms with Crippen LogP contribution in [0.15, 0.2) is 0 Å². The molecule has 0 aliphatic heterocycles. The molecule has 0 bridgehead atoms. The summed E-state index contributed by atoms with van der Waals surface area (Å²) in [5.74, 6) is 0.446. The zero-order chi connectivity index (χ0) is 8.39. The number of hydrogen-bond acceptors (Lipinski definition) is 4. The van der Waals surface area contributed by atoms with E-state index in [0.29, 0.717) is 12.0 Å². The summed E-state index contributed by atoms with van der Waals surface area (Å²) in [6.45, 7) is 0. The third kappa shape index (κ3) is 1.26. The van der Waals surface area contributed by atoms with E-state index in [0.717, 1.165) is 12.8 Å². The average molecular weight is 167 g/mol. The third-order valence-electron chi connectivity index (χ3n) is 2.44. The van der Waals surface area contributed by atoms with Crippen molar-refractivity contribution >= 4 is 5.95 Å². The molecule has 1 fully saturated rings. The molecule has 2 rings (SSSR count). The molecule has 1 saturated carbocycles. The summed E-state index contributed by atoms with van der Waals surface area (Å²) < 4.78 is 1.75. The molecule has 0 amide bonds. The molecule has 1 aromatic rings. The first-order chi connectivity index (χ1) is 5.88. The molecule has 5 nitrogen and oxygen atoms in total.